The van der Waals surface area contributed by atoms with Gasteiger partial charge in [-0.05, 0) is 54.7 Å². The second-order valence-corrected chi connectivity index (χ2v) is 10.3. The van der Waals surface area contributed by atoms with Gasteiger partial charge in [-0.2, -0.15) is 4.31 Å². The van der Waals surface area contributed by atoms with Gasteiger partial charge in [0.1, 0.15) is 0 Å². The molecule has 0 spiro atoms. The van der Waals surface area contributed by atoms with Crippen molar-refractivity contribution in [3.8, 4) is 0 Å². The van der Waals surface area contributed by atoms with E-state index in [2.05, 4.69) is 6.92 Å². The van der Waals surface area contributed by atoms with Crippen molar-refractivity contribution in [1.82, 2.24) is 9.21 Å². The summed E-state index contributed by atoms with van der Waals surface area (Å²) in [6.45, 7) is 3.16. The van der Waals surface area contributed by atoms with Gasteiger partial charge in [-0.15, -0.1) is 0 Å². The molecule has 2 aromatic carbocycles. The van der Waals surface area contributed by atoms with Crippen molar-refractivity contribution >= 4 is 21.9 Å². The summed E-state index contributed by atoms with van der Waals surface area (Å²) in [5.41, 5.74) is 2.43. The number of carbonyl (C=O) groups excluding carboxylic acids is 2. The van der Waals surface area contributed by atoms with Crippen LogP contribution in [0.25, 0.3) is 0 Å². The van der Waals surface area contributed by atoms with Crippen molar-refractivity contribution in [3.63, 3.8) is 0 Å². The summed E-state index contributed by atoms with van der Waals surface area (Å²) in [4.78, 5) is 26.4. The number of esters is 1. The van der Waals surface area contributed by atoms with Gasteiger partial charge in [-0.1, -0.05) is 44.0 Å². The number of sulfonamides is 1. The molecule has 2 aromatic rings. The summed E-state index contributed by atoms with van der Waals surface area (Å²) in [5.74, 6) is -0.981. The second-order valence-electron chi connectivity index (χ2n) is 8.34. The normalized spacial score (nSPS) is 15.0. The average Bonchev–Trinajstić information content (AvgIpc) is 3.13. The van der Waals surface area contributed by atoms with Crippen molar-refractivity contribution in [1.29, 1.82) is 0 Å². The van der Waals surface area contributed by atoms with E-state index in [-0.39, 0.29) is 23.0 Å². The van der Waals surface area contributed by atoms with Crippen molar-refractivity contribution in [2.75, 3.05) is 26.7 Å². The van der Waals surface area contributed by atoms with Crippen LogP contribution in [-0.4, -0.2) is 56.2 Å². The van der Waals surface area contributed by atoms with E-state index < -0.39 is 16.0 Å². The Bertz CT molecular complexity index is 1040. The van der Waals surface area contributed by atoms with E-state index >= 15 is 0 Å². The first kappa shape index (κ1) is 24.9. The smallest absolute Gasteiger partial charge is 0.338 e. The van der Waals surface area contributed by atoms with Gasteiger partial charge in [0.15, 0.2) is 6.61 Å². The molecule has 1 saturated heterocycles. The molecule has 0 aliphatic carbocycles. The summed E-state index contributed by atoms with van der Waals surface area (Å²) < 4.78 is 32.4. The minimum absolute atomic E-state index is 0.158. The molecule has 1 amide bonds. The summed E-state index contributed by atoms with van der Waals surface area (Å²) >= 11 is 0. The van der Waals surface area contributed by atoms with Crippen LogP contribution in [0.1, 0.15) is 54.1 Å². The van der Waals surface area contributed by atoms with Crippen LogP contribution in [0, 0.1) is 0 Å². The molecule has 0 bridgehead atoms. The van der Waals surface area contributed by atoms with Crippen molar-refractivity contribution in [3.05, 3.63) is 65.2 Å². The average molecular weight is 473 g/mol. The monoisotopic (exact) mass is 472 g/mol. The number of rotatable bonds is 8. The zero-order chi connectivity index (χ0) is 23.8. The molecule has 1 aliphatic rings. The van der Waals surface area contributed by atoms with Crippen LogP contribution < -0.4 is 0 Å². The Labute approximate surface area is 196 Å². The quantitative estimate of drug-likeness (QED) is 0.548. The Hall–Kier alpha value is -2.71. The van der Waals surface area contributed by atoms with Crippen LogP contribution >= 0.6 is 0 Å². The van der Waals surface area contributed by atoms with Crippen LogP contribution in [0.5, 0.6) is 0 Å². The van der Waals surface area contributed by atoms with Crippen LogP contribution in [0.2, 0.25) is 0 Å². The standard InChI is InChI=1S/C25H32N2O5S/c1-3-20-8-10-21(11-9-20)18-26(2)24(28)19-32-25(29)22-12-14-23(15-13-22)33(30,31)27-16-6-4-5-7-17-27/h8-15H,3-7,16-19H2,1-2H3. The van der Waals surface area contributed by atoms with E-state index in [1.165, 1.54) is 39.0 Å². The first-order valence-electron chi connectivity index (χ1n) is 11.4. The van der Waals surface area contributed by atoms with Gasteiger partial charge in [-0.25, -0.2) is 13.2 Å². The minimum Gasteiger partial charge on any atom is -0.452 e. The summed E-state index contributed by atoms with van der Waals surface area (Å²) in [5, 5.41) is 0. The molecule has 1 aliphatic heterocycles. The third-order valence-corrected chi connectivity index (χ3v) is 7.81. The minimum atomic E-state index is -3.58. The number of aryl methyl sites for hydroxylation is 1. The molecule has 0 atom stereocenters. The largest absolute Gasteiger partial charge is 0.452 e. The molecule has 8 heteroatoms. The van der Waals surface area contributed by atoms with E-state index in [1.54, 1.807) is 7.05 Å². The summed E-state index contributed by atoms with van der Waals surface area (Å²) in [6.07, 6.45) is 4.74. The molecule has 0 saturated carbocycles. The lowest BCUT2D eigenvalue weighted by Crippen LogP contribution is -2.32. The first-order valence-corrected chi connectivity index (χ1v) is 12.8. The zero-order valence-corrected chi connectivity index (χ0v) is 20.1. The highest BCUT2D eigenvalue weighted by molar-refractivity contribution is 7.89. The van der Waals surface area contributed by atoms with E-state index in [9.17, 15) is 18.0 Å². The summed E-state index contributed by atoms with van der Waals surface area (Å²) in [6, 6.07) is 13.7. The third-order valence-electron chi connectivity index (χ3n) is 5.90. The van der Waals surface area contributed by atoms with Gasteiger partial charge in [0.2, 0.25) is 10.0 Å². The Morgan fingerprint density at radius 2 is 1.48 bits per heavy atom. The molecule has 3 rings (SSSR count). The van der Waals surface area contributed by atoms with Gasteiger partial charge in [0, 0.05) is 26.7 Å². The predicted octanol–water partition coefficient (Wildman–Crippen LogP) is 3.63. The van der Waals surface area contributed by atoms with Crippen LogP contribution in [-0.2, 0) is 32.5 Å². The van der Waals surface area contributed by atoms with E-state index in [0.717, 1.165) is 37.7 Å². The van der Waals surface area contributed by atoms with Crippen LogP contribution in [0.4, 0.5) is 0 Å². The van der Waals surface area contributed by atoms with Crippen molar-refractivity contribution in [2.45, 2.75) is 50.5 Å². The van der Waals surface area contributed by atoms with Gasteiger partial charge in [0.05, 0.1) is 10.5 Å². The van der Waals surface area contributed by atoms with Gasteiger partial charge >= 0.3 is 5.97 Å². The fourth-order valence-electron chi connectivity index (χ4n) is 3.76. The SMILES string of the molecule is CCc1ccc(CN(C)C(=O)COC(=O)c2ccc(S(=O)(=O)N3CCCCCC3)cc2)cc1. The molecule has 0 aromatic heterocycles. The number of benzene rings is 2. The maximum atomic E-state index is 12.9. The van der Waals surface area contributed by atoms with Gasteiger partial charge < -0.3 is 9.64 Å². The number of likely N-dealkylation sites (N-methyl/N-ethyl adjacent to an activating group) is 1. The Morgan fingerprint density at radius 3 is 2.06 bits per heavy atom. The van der Waals surface area contributed by atoms with Crippen LogP contribution in [0.15, 0.2) is 53.4 Å². The fourth-order valence-corrected chi connectivity index (χ4v) is 5.27. The highest BCUT2D eigenvalue weighted by Gasteiger charge is 2.25. The highest BCUT2D eigenvalue weighted by Crippen LogP contribution is 2.21. The highest BCUT2D eigenvalue weighted by atomic mass is 32.2. The summed E-state index contributed by atoms with van der Waals surface area (Å²) in [7, 11) is -1.92. The fraction of sp³-hybridized carbons (Fsp3) is 0.440. The molecule has 0 N–H and O–H groups in total. The van der Waals surface area contributed by atoms with Crippen molar-refractivity contribution < 1.29 is 22.7 Å². The Kier molecular flexibility index (Phi) is 8.63. The molecular weight excluding hydrogens is 440 g/mol. The van der Waals surface area contributed by atoms with Crippen LogP contribution in [0.3, 0.4) is 0 Å². The molecule has 1 heterocycles. The molecule has 0 radical (unpaired) electrons. The lowest BCUT2D eigenvalue weighted by molar-refractivity contribution is -0.133. The number of hydrogen-bond donors (Lipinski definition) is 0. The second kappa shape index (κ2) is 11.4. The van der Waals surface area contributed by atoms with Crippen molar-refractivity contribution in [2.24, 2.45) is 0 Å². The lowest BCUT2D eigenvalue weighted by Gasteiger charge is -2.20. The van der Waals surface area contributed by atoms with Gasteiger partial charge in [-0.3, -0.25) is 4.79 Å². The number of carbonyl (C=O) groups is 2. The molecular formula is C25H32N2O5S. The molecule has 1 fully saturated rings. The molecule has 33 heavy (non-hydrogen) atoms. The van der Waals surface area contributed by atoms with E-state index in [1.807, 2.05) is 24.3 Å². The van der Waals surface area contributed by atoms with E-state index in [4.69, 9.17) is 4.74 Å². The lowest BCUT2D eigenvalue weighted by atomic mass is 10.1. The van der Waals surface area contributed by atoms with Gasteiger partial charge in [0.25, 0.3) is 5.91 Å². The third kappa shape index (κ3) is 6.65. The Balaban J connectivity index is 1.53. The molecule has 178 valence electrons. The zero-order valence-electron chi connectivity index (χ0n) is 19.3. The number of hydrogen-bond acceptors (Lipinski definition) is 5. The number of ether oxygens (including phenoxy) is 1. The maximum Gasteiger partial charge on any atom is 0.338 e. The molecule has 0 unspecified atom stereocenters. The number of nitrogens with zero attached hydrogens (tertiary/aromatic N) is 2. The topological polar surface area (TPSA) is 84.0 Å². The van der Waals surface area contributed by atoms with E-state index in [0.29, 0.717) is 19.6 Å². The number of amides is 1. The predicted molar refractivity (Wildman–Crippen MR) is 126 cm³/mol. The first-order chi connectivity index (χ1) is 15.8. The maximum absolute atomic E-state index is 12.9. The Morgan fingerprint density at radius 1 is 0.909 bits per heavy atom. The molecule has 7 nitrogen and oxygen atoms in total.